The normalized spacial score (nSPS) is 11.4. The van der Waals surface area contributed by atoms with Crippen molar-refractivity contribution >= 4 is 22.9 Å². The van der Waals surface area contributed by atoms with Crippen molar-refractivity contribution in [2.75, 3.05) is 12.4 Å². The van der Waals surface area contributed by atoms with Crippen molar-refractivity contribution in [3.05, 3.63) is 56.4 Å². The van der Waals surface area contributed by atoms with Gasteiger partial charge in [-0.15, -0.1) is 0 Å². The number of rotatable bonds is 2. The average molecular weight is 275 g/mol. The summed E-state index contributed by atoms with van der Waals surface area (Å²) in [5.41, 5.74) is 0.438. The minimum absolute atomic E-state index is 0.252. The molecule has 0 bridgehead atoms. The number of anilines is 1. The molecular formula is C13H13N3O2S. The van der Waals surface area contributed by atoms with Crippen LogP contribution in [-0.4, -0.2) is 17.5 Å². The third kappa shape index (κ3) is 2.97. The zero-order valence-corrected chi connectivity index (χ0v) is 11.4. The fourth-order valence-corrected chi connectivity index (χ4v) is 2.34. The van der Waals surface area contributed by atoms with Crippen molar-refractivity contribution in [1.29, 1.82) is 0 Å². The van der Waals surface area contributed by atoms with Gasteiger partial charge in [-0.2, -0.15) is 0 Å². The predicted molar refractivity (Wildman–Crippen MR) is 75.4 cm³/mol. The molecule has 0 radical (unpaired) electrons. The summed E-state index contributed by atoms with van der Waals surface area (Å²) in [7, 11) is 3.21. The fraction of sp³-hybridized carbons (Fsp3) is 0.154. The average Bonchev–Trinajstić information content (AvgIpc) is 2.42. The van der Waals surface area contributed by atoms with Crippen LogP contribution in [0.2, 0.25) is 0 Å². The van der Waals surface area contributed by atoms with Crippen LogP contribution in [0.5, 0.6) is 0 Å². The van der Waals surface area contributed by atoms with E-state index in [1.54, 1.807) is 26.2 Å². The SMILES string of the molecule is CN=c1sc(C(=O)Nc2ccccc2)cc(=O)n1C. The molecule has 0 fully saturated rings. The number of nitrogens with one attached hydrogen (secondary N) is 1. The molecular weight excluding hydrogens is 262 g/mol. The summed E-state index contributed by atoms with van der Waals surface area (Å²) in [6, 6.07) is 10.4. The number of carbonyl (C=O) groups is 1. The van der Waals surface area contributed by atoms with Gasteiger partial charge in [0.2, 0.25) is 0 Å². The number of amides is 1. The smallest absolute Gasteiger partial charge is 0.266 e. The second-order valence-electron chi connectivity index (χ2n) is 3.83. The fourth-order valence-electron chi connectivity index (χ4n) is 1.52. The van der Waals surface area contributed by atoms with Gasteiger partial charge < -0.3 is 5.32 Å². The maximum atomic E-state index is 12.1. The summed E-state index contributed by atoms with van der Waals surface area (Å²) in [6.45, 7) is 0. The van der Waals surface area contributed by atoms with E-state index in [0.29, 0.717) is 15.4 Å². The molecule has 0 aliphatic carbocycles. The number of para-hydroxylation sites is 1. The standard InChI is InChI=1S/C13H13N3O2S/c1-14-13-16(2)11(17)8-10(19-13)12(18)15-9-6-4-3-5-7-9/h3-8H,1-2H3,(H,15,18). The van der Waals surface area contributed by atoms with Gasteiger partial charge in [0.1, 0.15) is 4.88 Å². The lowest BCUT2D eigenvalue weighted by molar-refractivity contribution is 0.103. The van der Waals surface area contributed by atoms with Crippen LogP contribution in [0.25, 0.3) is 0 Å². The van der Waals surface area contributed by atoms with E-state index in [0.717, 1.165) is 0 Å². The summed E-state index contributed by atoms with van der Waals surface area (Å²) in [6.07, 6.45) is 0. The third-order valence-electron chi connectivity index (χ3n) is 2.52. The maximum absolute atomic E-state index is 12.1. The Morgan fingerprint density at radius 1 is 1.32 bits per heavy atom. The molecule has 0 saturated carbocycles. The molecule has 2 aromatic rings. The molecule has 1 aromatic heterocycles. The lowest BCUT2D eigenvalue weighted by atomic mass is 10.3. The van der Waals surface area contributed by atoms with E-state index in [9.17, 15) is 9.59 Å². The number of hydrogen-bond acceptors (Lipinski definition) is 4. The van der Waals surface area contributed by atoms with Crippen molar-refractivity contribution in [2.45, 2.75) is 0 Å². The summed E-state index contributed by atoms with van der Waals surface area (Å²) >= 11 is 1.17. The number of carbonyl (C=O) groups excluding carboxylic acids is 1. The van der Waals surface area contributed by atoms with Gasteiger partial charge in [-0.25, -0.2) is 0 Å². The van der Waals surface area contributed by atoms with Gasteiger partial charge in [0.15, 0.2) is 4.80 Å². The van der Waals surface area contributed by atoms with Gasteiger partial charge in [0, 0.05) is 25.8 Å². The second kappa shape index (κ2) is 5.62. The summed E-state index contributed by atoms with van der Waals surface area (Å²) in [4.78, 5) is 28.6. The first kappa shape index (κ1) is 13.2. The molecule has 0 spiro atoms. The third-order valence-corrected chi connectivity index (χ3v) is 3.68. The molecule has 0 aliphatic heterocycles. The minimum atomic E-state index is -0.307. The van der Waals surface area contributed by atoms with E-state index in [1.807, 2.05) is 18.2 Å². The Hall–Kier alpha value is -2.21. The van der Waals surface area contributed by atoms with E-state index < -0.39 is 0 Å². The van der Waals surface area contributed by atoms with E-state index in [4.69, 9.17) is 0 Å². The molecule has 1 heterocycles. The van der Waals surface area contributed by atoms with Crippen LogP contribution in [0.4, 0.5) is 5.69 Å². The first-order valence-corrected chi connectivity index (χ1v) is 6.44. The van der Waals surface area contributed by atoms with Crippen molar-refractivity contribution < 1.29 is 4.79 Å². The highest BCUT2D eigenvalue weighted by atomic mass is 32.1. The lowest BCUT2D eigenvalue weighted by Crippen LogP contribution is -2.30. The van der Waals surface area contributed by atoms with Crippen molar-refractivity contribution in [1.82, 2.24) is 4.57 Å². The Labute approximate surface area is 113 Å². The van der Waals surface area contributed by atoms with Crippen LogP contribution < -0.4 is 15.7 Å². The number of benzene rings is 1. The Morgan fingerprint density at radius 2 is 2.00 bits per heavy atom. The van der Waals surface area contributed by atoms with E-state index in [1.165, 1.54) is 22.0 Å². The van der Waals surface area contributed by atoms with E-state index in [2.05, 4.69) is 10.3 Å². The van der Waals surface area contributed by atoms with Crippen molar-refractivity contribution in [3.63, 3.8) is 0 Å². The van der Waals surface area contributed by atoms with Gasteiger partial charge in [-0.05, 0) is 12.1 Å². The summed E-state index contributed by atoms with van der Waals surface area (Å²) in [5.74, 6) is -0.307. The van der Waals surface area contributed by atoms with Gasteiger partial charge in [0.25, 0.3) is 11.5 Å². The topological polar surface area (TPSA) is 63.5 Å². The van der Waals surface area contributed by atoms with Crippen LogP contribution in [-0.2, 0) is 7.05 Å². The number of nitrogens with zero attached hydrogens (tertiary/aromatic N) is 2. The largest absolute Gasteiger partial charge is 0.321 e. The van der Waals surface area contributed by atoms with Crippen LogP contribution in [0.15, 0.2) is 46.2 Å². The first-order chi connectivity index (χ1) is 9.11. The zero-order valence-electron chi connectivity index (χ0n) is 10.6. The highest BCUT2D eigenvalue weighted by Gasteiger charge is 2.09. The van der Waals surface area contributed by atoms with Gasteiger partial charge in [-0.1, -0.05) is 29.5 Å². The first-order valence-electron chi connectivity index (χ1n) is 5.62. The maximum Gasteiger partial charge on any atom is 0.266 e. The van der Waals surface area contributed by atoms with Crippen LogP contribution in [0, 0.1) is 0 Å². The van der Waals surface area contributed by atoms with E-state index in [-0.39, 0.29) is 11.5 Å². The number of hydrogen-bond donors (Lipinski definition) is 1. The molecule has 1 amide bonds. The van der Waals surface area contributed by atoms with Crippen LogP contribution in [0.3, 0.4) is 0 Å². The molecule has 98 valence electrons. The molecule has 19 heavy (non-hydrogen) atoms. The Balaban J connectivity index is 2.35. The lowest BCUT2D eigenvalue weighted by Gasteiger charge is -2.05. The minimum Gasteiger partial charge on any atom is -0.321 e. The number of aromatic nitrogens is 1. The zero-order chi connectivity index (χ0) is 13.8. The summed E-state index contributed by atoms with van der Waals surface area (Å²) in [5, 5.41) is 2.74. The molecule has 5 nitrogen and oxygen atoms in total. The molecule has 0 aliphatic rings. The highest BCUT2D eigenvalue weighted by molar-refractivity contribution is 7.11. The monoisotopic (exact) mass is 275 g/mol. The molecule has 6 heteroatoms. The second-order valence-corrected chi connectivity index (χ2v) is 4.84. The Morgan fingerprint density at radius 3 is 2.63 bits per heavy atom. The quantitative estimate of drug-likeness (QED) is 0.896. The Bertz CT molecular complexity index is 717. The summed E-state index contributed by atoms with van der Waals surface area (Å²) < 4.78 is 1.41. The molecule has 1 N–H and O–H groups in total. The van der Waals surface area contributed by atoms with Crippen LogP contribution in [0.1, 0.15) is 9.67 Å². The molecule has 0 atom stereocenters. The van der Waals surface area contributed by atoms with E-state index >= 15 is 0 Å². The Kier molecular flexibility index (Phi) is 3.91. The molecule has 0 unspecified atom stereocenters. The molecule has 2 rings (SSSR count). The molecule has 0 saturated heterocycles. The predicted octanol–water partition coefficient (Wildman–Crippen LogP) is 1.23. The van der Waals surface area contributed by atoms with Gasteiger partial charge in [0.05, 0.1) is 0 Å². The molecule has 1 aromatic carbocycles. The van der Waals surface area contributed by atoms with Crippen molar-refractivity contribution in [3.8, 4) is 0 Å². The van der Waals surface area contributed by atoms with Gasteiger partial charge in [-0.3, -0.25) is 19.1 Å². The van der Waals surface area contributed by atoms with Gasteiger partial charge >= 0.3 is 0 Å². The van der Waals surface area contributed by atoms with Crippen LogP contribution >= 0.6 is 11.3 Å². The highest BCUT2D eigenvalue weighted by Crippen LogP contribution is 2.08. The van der Waals surface area contributed by atoms with Crippen molar-refractivity contribution in [2.24, 2.45) is 12.0 Å².